The zero-order chi connectivity index (χ0) is 22.9. The zero-order valence-electron chi connectivity index (χ0n) is 19.5. The summed E-state index contributed by atoms with van der Waals surface area (Å²) in [5.41, 5.74) is 6.11. The van der Waals surface area contributed by atoms with Crippen molar-refractivity contribution in [1.29, 1.82) is 0 Å². The maximum absolute atomic E-state index is 12.7. The number of nitrogens with zero attached hydrogens (tertiary/aromatic N) is 1. The van der Waals surface area contributed by atoms with Crippen LogP contribution in [0.3, 0.4) is 0 Å². The Bertz CT molecular complexity index is 1280. The van der Waals surface area contributed by atoms with Gasteiger partial charge in [-0.2, -0.15) is 0 Å². The number of fused-ring (bicyclic) bond motifs is 3. The minimum atomic E-state index is -0.245. The van der Waals surface area contributed by atoms with E-state index in [0.29, 0.717) is 6.54 Å². The maximum atomic E-state index is 12.7. The number of terminal acetylenes is 1. The highest BCUT2D eigenvalue weighted by molar-refractivity contribution is 5.94. The number of carbonyl (C=O) groups excluding carboxylic acids is 1. The predicted molar refractivity (Wildman–Crippen MR) is 135 cm³/mol. The molecule has 0 saturated heterocycles. The molecule has 4 aliphatic carbocycles. The first-order chi connectivity index (χ1) is 16.6. The van der Waals surface area contributed by atoms with Gasteiger partial charge in [-0.15, -0.1) is 6.42 Å². The lowest BCUT2D eigenvalue weighted by Gasteiger charge is -2.57. The molecule has 34 heavy (non-hydrogen) atoms. The van der Waals surface area contributed by atoms with E-state index in [2.05, 4.69) is 64.8 Å². The molecular weight excluding hydrogens is 418 g/mol. The summed E-state index contributed by atoms with van der Waals surface area (Å²) in [7, 11) is 0. The van der Waals surface area contributed by atoms with Crippen LogP contribution in [-0.4, -0.2) is 27.9 Å². The summed E-state index contributed by atoms with van der Waals surface area (Å²) in [5.74, 6) is 4.87. The van der Waals surface area contributed by atoms with Crippen LogP contribution in [0.15, 0.2) is 48.5 Å². The van der Waals surface area contributed by atoms with E-state index in [0.717, 1.165) is 40.9 Å². The van der Waals surface area contributed by atoms with E-state index in [9.17, 15) is 4.79 Å². The van der Waals surface area contributed by atoms with Crippen LogP contribution in [0.25, 0.3) is 10.9 Å². The number of anilines is 1. The fourth-order valence-corrected chi connectivity index (χ4v) is 8.21. The van der Waals surface area contributed by atoms with Crippen LogP contribution >= 0.6 is 0 Å². The normalized spacial score (nSPS) is 31.3. The van der Waals surface area contributed by atoms with E-state index in [1.165, 1.54) is 55.2 Å². The summed E-state index contributed by atoms with van der Waals surface area (Å²) in [5, 5.41) is 5.23. The van der Waals surface area contributed by atoms with Gasteiger partial charge in [0.05, 0.1) is 6.04 Å². The number of rotatable bonds is 3. The number of para-hydroxylation sites is 1. The second kappa shape index (κ2) is 7.40. The van der Waals surface area contributed by atoms with Gasteiger partial charge in [0.1, 0.15) is 0 Å². The van der Waals surface area contributed by atoms with Gasteiger partial charge < -0.3 is 15.2 Å². The molecule has 8 rings (SSSR count). The van der Waals surface area contributed by atoms with Crippen molar-refractivity contribution >= 4 is 22.5 Å². The molecule has 1 aromatic heterocycles. The zero-order valence-corrected chi connectivity index (χ0v) is 19.5. The van der Waals surface area contributed by atoms with Crippen LogP contribution in [0.5, 0.6) is 0 Å². The third-order valence-corrected chi connectivity index (χ3v) is 9.09. The first-order valence-electron chi connectivity index (χ1n) is 12.9. The molecule has 2 heterocycles. The van der Waals surface area contributed by atoms with Crippen molar-refractivity contribution in [1.82, 2.24) is 9.88 Å². The molecule has 2 aromatic carbocycles. The number of aromatic nitrogens is 1. The molecule has 2 N–H and O–H groups in total. The highest BCUT2D eigenvalue weighted by Gasteiger charge is 2.50. The second-order valence-electron chi connectivity index (χ2n) is 11.3. The number of H-pyrrole nitrogens is 1. The van der Waals surface area contributed by atoms with Gasteiger partial charge in [0.15, 0.2) is 0 Å². The fourth-order valence-electron chi connectivity index (χ4n) is 8.21. The Balaban J connectivity index is 1.22. The first kappa shape index (κ1) is 20.2. The van der Waals surface area contributed by atoms with Crippen molar-refractivity contribution in [2.24, 2.45) is 17.8 Å². The van der Waals surface area contributed by atoms with Gasteiger partial charge in [-0.25, -0.2) is 0 Å². The number of aromatic amines is 1. The lowest BCUT2D eigenvalue weighted by molar-refractivity contribution is -0.127. The van der Waals surface area contributed by atoms with Gasteiger partial charge in [-0.3, -0.25) is 4.79 Å². The average Bonchev–Trinajstić information content (AvgIpc) is 3.21. The number of carbonyl (C=O) groups is 1. The monoisotopic (exact) mass is 449 g/mol. The minimum Gasteiger partial charge on any atom is -0.380 e. The van der Waals surface area contributed by atoms with Gasteiger partial charge in [-0.05, 0) is 97.9 Å². The third kappa shape index (κ3) is 3.10. The minimum absolute atomic E-state index is 0.187. The van der Waals surface area contributed by atoms with E-state index in [1.807, 2.05) is 4.90 Å². The van der Waals surface area contributed by atoms with Crippen LogP contribution in [0.1, 0.15) is 61.4 Å². The standard InChI is InChI=1S/C30H31N3O/c1-2-27(34)33-12-11-25-24-5-3-4-6-26(24)31-28(25)29(33)22-7-9-23(10-8-22)32-30-16-19-13-20(17-30)15-21(14-19)18-30/h1,3-10,19-21,29,31-32H,11-18H2/t19?,20?,21?,29-,30?/m0/s1. The summed E-state index contributed by atoms with van der Waals surface area (Å²) < 4.78 is 0. The lowest BCUT2D eigenvalue weighted by atomic mass is 9.53. The summed E-state index contributed by atoms with van der Waals surface area (Å²) in [6.45, 7) is 0.635. The Morgan fingerprint density at radius 3 is 2.35 bits per heavy atom. The Kier molecular flexibility index (Phi) is 4.40. The number of hydrogen-bond donors (Lipinski definition) is 2. The second-order valence-corrected chi connectivity index (χ2v) is 11.3. The van der Waals surface area contributed by atoms with Crippen LogP contribution in [-0.2, 0) is 11.2 Å². The lowest BCUT2D eigenvalue weighted by Crippen LogP contribution is -2.54. The Morgan fingerprint density at radius 2 is 1.68 bits per heavy atom. The topological polar surface area (TPSA) is 48.1 Å². The van der Waals surface area contributed by atoms with Gasteiger partial charge in [0.25, 0.3) is 5.91 Å². The third-order valence-electron chi connectivity index (χ3n) is 9.09. The van der Waals surface area contributed by atoms with Crippen LogP contribution in [0, 0.1) is 30.1 Å². The number of amides is 1. The van der Waals surface area contributed by atoms with Gasteiger partial charge in [0.2, 0.25) is 0 Å². The van der Waals surface area contributed by atoms with Crippen LogP contribution < -0.4 is 5.32 Å². The Hall–Kier alpha value is -3.19. The molecule has 4 heteroatoms. The molecule has 0 radical (unpaired) electrons. The SMILES string of the molecule is C#CC(=O)N1CCc2c([nH]c3ccccc23)[C@@H]1c1ccc(NC23CC4CC(CC(C4)C2)C3)cc1. The van der Waals surface area contributed by atoms with Crippen molar-refractivity contribution < 1.29 is 4.79 Å². The Labute approximate surface area is 201 Å². The fraction of sp³-hybridized carbons (Fsp3) is 0.433. The molecule has 3 aromatic rings. The molecule has 0 unspecified atom stereocenters. The number of benzene rings is 2. The van der Waals surface area contributed by atoms with Crippen molar-refractivity contribution in [2.75, 3.05) is 11.9 Å². The summed E-state index contributed by atoms with van der Waals surface area (Å²) in [6.07, 6.45) is 14.7. The average molecular weight is 450 g/mol. The largest absolute Gasteiger partial charge is 0.380 e. The van der Waals surface area contributed by atoms with Crippen LogP contribution in [0.2, 0.25) is 0 Å². The highest BCUT2D eigenvalue weighted by atomic mass is 16.2. The van der Waals surface area contributed by atoms with E-state index >= 15 is 0 Å². The van der Waals surface area contributed by atoms with Crippen molar-refractivity contribution in [3.05, 3.63) is 65.4 Å². The summed E-state index contributed by atoms with van der Waals surface area (Å²) in [4.78, 5) is 18.2. The quantitative estimate of drug-likeness (QED) is 0.507. The molecule has 4 fully saturated rings. The molecule has 4 saturated carbocycles. The number of hydrogen-bond acceptors (Lipinski definition) is 2. The summed E-state index contributed by atoms with van der Waals surface area (Å²) in [6, 6.07) is 17.0. The summed E-state index contributed by atoms with van der Waals surface area (Å²) >= 11 is 0. The molecule has 1 aliphatic heterocycles. The molecule has 5 aliphatic rings. The van der Waals surface area contributed by atoms with Gasteiger partial charge in [0, 0.05) is 34.4 Å². The first-order valence-corrected chi connectivity index (χ1v) is 12.9. The Morgan fingerprint density at radius 1 is 1.00 bits per heavy atom. The molecule has 172 valence electrons. The number of nitrogens with one attached hydrogen (secondary N) is 2. The van der Waals surface area contributed by atoms with E-state index < -0.39 is 0 Å². The molecule has 0 spiro atoms. The molecular formula is C30H31N3O. The molecule has 4 bridgehead atoms. The van der Waals surface area contributed by atoms with E-state index in [1.54, 1.807) is 0 Å². The van der Waals surface area contributed by atoms with Gasteiger partial charge in [-0.1, -0.05) is 30.3 Å². The highest BCUT2D eigenvalue weighted by Crippen LogP contribution is 2.56. The molecule has 4 nitrogen and oxygen atoms in total. The van der Waals surface area contributed by atoms with Gasteiger partial charge >= 0.3 is 0 Å². The smallest absolute Gasteiger partial charge is 0.299 e. The predicted octanol–water partition coefficient (Wildman–Crippen LogP) is 5.66. The molecule has 1 atom stereocenters. The van der Waals surface area contributed by atoms with E-state index in [4.69, 9.17) is 6.42 Å². The van der Waals surface area contributed by atoms with E-state index in [-0.39, 0.29) is 17.5 Å². The molecule has 1 amide bonds. The maximum Gasteiger partial charge on any atom is 0.299 e. The van der Waals surface area contributed by atoms with Crippen molar-refractivity contribution in [3.63, 3.8) is 0 Å². The van der Waals surface area contributed by atoms with Crippen LogP contribution in [0.4, 0.5) is 5.69 Å². The van der Waals surface area contributed by atoms with Crippen molar-refractivity contribution in [3.8, 4) is 12.3 Å². The van der Waals surface area contributed by atoms with Crippen molar-refractivity contribution in [2.45, 2.75) is 56.5 Å².